The van der Waals surface area contributed by atoms with Gasteiger partial charge in [0.2, 0.25) is 11.1 Å². The van der Waals surface area contributed by atoms with Gasteiger partial charge in [-0.05, 0) is 56.9 Å². The maximum absolute atomic E-state index is 12.1. The number of nitrogens with zero attached hydrogens (tertiary/aromatic N) is 4. The Hall–Kier alpha value is -2.88. The lowest BCUT2D eigenvalue weighted by molar-refractivity contribution is -0.113. The minimum absolute atomic E-state index is 0.0197. The lowest BCUT2D eigenvalue weighted by Crippen LogP contribution is -2.17. The molecule has 0 saturated heterocycles. The molecule has 3 rings (SSSR count). The van der Waals surface area contributed by atoms with Gasteiger partial charge in [0.05, 0.1) is 5.75 Å². The molecule has 28 heavy (non-hydrogen) atoms. The summed E-state index contributed by atoms with van der Waals surface area (Å²) >= 11 is 1.17. The van der Waals surface area contributed by atoms with Crippen LogP contribution in [0.2, 0.25) is 0 Å². The van der Waals surface area contributed by atoms with E-state index in [0.717, 1.165) is 31.4 Å². The second kappa shape index (κ2) is 9.36. The van der Waals surface area contributed by atoms with E-state index < -0.39 is 0 Å². The lowest BCUT2D eigenvalue weighted by atomic mass is 9.99. The van der Waals surface area contributed by atoms with Crippen molar-refractivity contribution in [2.45, 2.75) is 44.2 Å². The normalized spacial score (nSPS) is 13.8. The topological polar surface area (TPSA) is 127 Å². The minimum Gasteiger partial charge on any atom is -0.334 e. The Morgan fingerprint density at radius 2 is 1.89 bits per heavy atom. The number of hydrogen-bond donors (Lipinski definition) is 3. The van der Waals surface area contributed by atoms with Crippen molar-refractivity contribution >= 4 is 40.8 Å². The molecule has 0 radical (unpaired) electrons. The summed E-state index contributed by atoms with van der Waals surface area (Å²) in [5, 5.41) is 15.5. The number of nitrogen functional groups attached to an aromatic ring is 1. The molecule has 0 aliphatic heterocycles. The number of benzene rings is 1. The zero-order chi connectivity index (χ0) is 19.9. The Labute approximate surface area is 167 Å². The molecule has 1 saturated carbocycles. The van der Waals surface area contributed by atoms with Crippen LogP contribution in [0.15, 0.2) is 34.5 Å². The van der Waals surface area contributed by atoms with Crippen LogP contribution in [0, 0.1) is 0 Å². The Kier molecular flexibility index (Phi) is 6.64. The Morgan fingerprint density at radius 1 is 1.18 bits per heavy atom. The molecule has 0 bridgehead atoms. The van der Waals surface area contributed by atoms with Gasteiger partial charge < -0.3 is 11.2 Å². The number of nitrogens with one attached hydrogen (secondary N) is 2. The van der Waals surface area contributed by atoms with Crippen molar-refractivity contribution < 1.29 is 9.59 Å². The van der Waals surface area contributed by atoms with Gasteiger partial charge in [0.1, 0.15) is 0 Å². The number of rotatable bonds is 7. The number of amides is 1. The summed E-state index contributed by atoms with van der Waals surface area (Å²) in [5.41, 5.74) is 5.18. The summed E-state index contributed by atoms with van der Waals surface area (Å²) in [4.78, 5) is 23.4. The number of aromatic nitrogens is 3. The summed E-state index contributed by atoms with van der Waals surface area (Å²) in [6.45, 7) is 1.50. The van der Waals surface area contributed by atoms with Crippen molar-refractivity contribution in [1.82, 2.24) is 14.9 Å². The number of anilines is 2. The SMILES string of the molecule is CC(=O)c1ccc(NC(=O)CSc2nnc(NN=C3CCCCC3)n2N)cc1. The first kappa shape index (κ1) is 19.9. The van der Waals surface area contributed by atoms with E-state index in [2.05, 4.69) is 26.0 Å². The third-order valence-corrected chi connectivity index (χ3v) is 5.26. The molecule has 1 aliphatic rings. The van der Waals surface area contributed by atoms with Crippen LogP contribution in [0.25, 0.3) is 0 Å². The fourth-order valence-electron chi connectivity index (χ4n) is 2.77. The first-order chi connectivity index (χ1) is 13.5. The van der Waals surface area contributed by atoms with Crippen molar-refractivity contribution in [3.8, 4) is 0 Å². The molecule has 1 aromatic heterocycles. The highest BCUT2D eigenvalue weighted by Gasteiger charge is 2.13. The van der Waals surface area contributed by atoms with Crippen LogP contribution < -0.4 is 16.6 Å². The molecule has 2 aromatic rings. The highest BCUT2D eigenvalue weighted by Crippen LogP contribution is 2.19. The smallest absolute Gasteiger partial charge is 0.264 e. The largest absolute Gasteiger partial charge is 0.334 e. The molecule has 1 fully saturated rings. The van der Waals surface area contributed by atoms with Gasteiger partial charge in [0.15, 0.2) is 5.78 Å². The molecule has 0 spiro atoms. The fourth-order valence-corrected chi connectivity index (χ4v) is 3.42. The van der Waals surface area contributed by atoms with Crippen LogP contribution in [0.4, 0.5) is 11.6 Å². The van der Waals surface area contributed by atoms with E-state index in [-0.39, 0.29) is 17.4 Å². The number of nitrogens with two attached hydrogens (primary N) is 1. The average molecular weight is 401 g/mol. The first-order valence-corrected chi connectivity index (χ1v) is 10.1. The zero-order valence-corrected chi connectivity index (χ0v) is 16.5. The predicted octanol–water partition coefficient (Wildman–Crippen LogP) is 2.66. The highest BCUT2D eigenvalue weighted by molar-refractivity contribution is 7.99. The highest BCUT2D eigenvalue weighted by atomic mass is 32.2. The summed E-state index contributed by atoms with van der Waals surface area (Å²) in [7, 11) is 0. The third kappa shape index (κ3) is 5.32. The third-order valence-electron chi connectivity index (χ3n) is 4.32. The Morgan fingerprint density at radius 3 is 2.57 bits per heavy atom. The van der Waals surface area contributed by atoms with Crippen LogP contribution in [-0.4, -0.2) is 38.0 Å². The molecular weight excluding hydrogens is 378 g/mol. The summed E-state index contributed by atoms with van der Waals surface area (Å²) in [5.74, 6) is 6.21. The molecule has 0 unspecified atom stereocenters. The van der Waals surface area contributed by atoms with E-state index in [1.54, 1.807) is 24.3 Å². The number of thioether (sulfide) groups is 1. The number of carbonyl (C=O) groups excluding carboxylic acids is 2. The molecule has 1 aromatic carbocycles. The quantitative estimate of drug-likeness (QED) is 0.282. The Bertz CT molecular complexity index is 869. The van der Waals surface area contributed by atoms with Crippen molar-refractivity contribution in [2.75, 3.05) is 22.3 Å². The summed E-state index contributed by atoms with van der Waals surface area (Å²) in [6, 6.07) is 6.73. The zero-order valence-electron chi connectivity index (χ0n) is 15.6. The molecule has 1 aliphatic carbocycles. The molecule has 1 heterocycles. The molecule has 148 valence electrons. The average Bonchev–Trinajstić information content (AvgIpc) is 3.05. The van der Waals surface area contributed by atoms with Gasteiger partial charge in [-0.1, -0.05) is 18.2 Å². The van der Waals surface area contributed by atoms with Crippen molar-refractivity contribution in [3.63, 3.8) is 0 Å². The lowest BCUT2D eigenvalue weighted by Gasteiger charge is -2.12. The first-order valence-electron chi connectivity index (χ1n) is 9.08. The van der Waals surface area contributed by atoms with E-state index in [0.29, 0.717) is 22.4 Å². The van der Waals surface area contributed by atoms with Crippen LogP contribution in [0.1, 0.15) is 49.4 Å². The van der Waals surface area contributed by atoms with Gasteiger partial charge >= 0.3 is 0 Å². The number of carbonyl (C=O) groups is 2. The Balaban J connectivity index is 1.50. The van der Waals surface area contributed by atoms with Crippen LogP contribution in [-0.2, 0) is 4.79 Å². The minimum atomic E-state index is -0.208. The van der Waals surface area contributed by atoms with Gasteiger partial charge in [-0.25, -0.2) is 10.1 Å². The molecule has 0 atom stereocenters. The van der Waals surface area contributed by atoms with Crippen molar-refractivity contribution in [1.29, 1.82) is 0 Å². The molecule has 4 N–H and O–H groups in total. The second-order valence-electron chi connectivity index (χ2n) is 6.50. The maximum atomic E-state index is 12.1. The van der Waals surface area contributed by atoms with Crippen LogP contribution in [0.5, 0.6) is 0 Å². The number of ketones is 1. The maximum Gasteiger partial charge on any atom is 0.264 e. The second-order valence-corrected chi connectivity index (χ2v) is 7.44. The van der Waals surface area contributed by atoms with E-state index in [4.69, 9.17) is 5.84 Å². The van der Waals surface area contributed by atoms with Crippen molar-refractivity contribution in [3.05, 3.63) is 29.8 Å². The molecule has 10 heteroatoms. The molecule has 9 nitrogen and oxygen atoms in total. The predicted molar refractivity (Wildman–Crippen MR) is 110 cm³/mol. The fraction of sp³-hybridized carbons (Fsp3) is 0.389. The number of Topliss-reactive ketones (excluding diaryl/α,β-unsaturated/α-hetero) is 1. The van der Waals surface area contributed by atoms with Gasteiger partial charge in [-0.2, -0.15) is 5.10 Å². The molecule has 1 amide bonds. The standard InChI is InChI=1S/C18H23N7O2S/c1-12(26)13-7-9-14(10-8-13)20-16(27)11-28-18-24-23-17(25(18)19)22-21-15-5-3-2-4-6-15/h7-10H,2-6,11,19H2,1H3,(H,20,27)(H,22,23). The number of hydrazone groups is 1. The monoisotopic (exact) mass is 401 g/mol. The number of hydrogen-bond acceptors (Lipinski definition) is 8. The van der Waals surface area contributed by atoms with E-state index in [1.165, 1.54) is 29.8 Å². The van der Waals surface area contributed by atoms with Crippen molar-refractivity contribution in [2.24, 2.45) is 5.10 Å². The van der Waals surface area contributed by atoms with E-state index >= 15 is 0 Å². The van der Waals surface area contributed by atoms with E-state index in [1.807, 2.05) is 0 Å². The van der Waals surface area contributed by atoms with Gasteiger partial charge in [0, 0.05) is 17.0 Å². The van der Waals surface area contributed by atoms with Crippen LogP contribution in [0.3, 0.4) is 0 Å². The van der Waals surface area contributed by atoms with Gasteiger partial charge in [0.25, 0.3) is 5.95 Å². The summed E-state index contributed by atoms with van der Waals surface area (Å²) in [6.07, 6.45) is 5.53. The summed E-state index contributed by atoms with van der Waals surface area (Å²) < 4.78 is 1.28. The molecular formula is C18H23N7O2S. The van der Waals surface area contributed by atoms with Gasteiger partial charge in [-0.3, -0.25) is 9.59 Å². The van der Waals surface area contributed by atoms with Gasteiger partial charge in [-0.15, -0.1) is 10.2 Å². The van der Waals surface area contributed by atoms with E-state index in [9.17, 15) is 9.59 Å². The van der Waals surface area contributed by atoms with Crippen LogP contribution >= 0.6 is 11.8 Å².